The normalized spacial score (nSPS) is 14.8. The molecule has 198 valence electrons. The van der Waals surface area contributed by atoms with Crippen molar-refractivity contribution in [3.05, 3.63) is 46.8 Å². The Morgan fingerprint density at radius 3 is 2.59 bits per heavy atom. The van der Waals surface area contributed by atoms with Gasteiger partial charge in [-0.05, 0) is 61.4 Å². The Hall–Kier alpha value is -2.66. The lowest BCUT2D eigenvalue weighted by Gasteiger charge is -2.24. The van der Waals surface area contributed by atoms with E-state index in [0.717, 1.165) is 23.2 Å². The summed E-state index contributed by atoms with van der Waals surface area (Å²) in [4.78, 5) is 0.413. The lowest BCUT2D eigenvalue weighted by molar-refractivity contribution is -0.126. The molecule has 3 aromatic rings. The van der Waals surface area contributed by atoms with E-state index in [1.54, 1.807) is 43.7 Å². The standard InChI is InChI=1S/C27H30F3N2O3PS/c1-34-24-16-19(36(2,3)33)9-10-22(24)31-13-5-8-25-21(17-27(28,29)30)20-6-4-7-23(26(20)37-25)32-18-11-14-35-15-12-18/h4,6-7,9-10,16,18,31-32H,11-15,17H2,1-3H3. The van der Waals surface area contributed by atoms with Crippen molar-refractivity contribution in [3.63, 3.8) is 0 Å². The van der Waals surface area contributed by atoms with Crippen LogP contribution in [0.4, 0.5) is 24.5 Å². The first-order chi connectivity index (χ1) is 17.5. The fourth-order valence-electron chi connectivity index (χ4n) is 4.25. The minimum absolute atomic E-state index is 0.207. The largest absolute Gasteiger partial charge is 0.495 e. The van der Waals surface area contributed by atoms with Crippen LogP contribution in [0.2, 0.25) is 0 Å². The van der Waals surface area contributed by atoms with Crippen molar-refractivity contribution in [1.82, 2.24) is 0 Å². The molecule has 0 spiro atoms. The fraction of sp³-hybridized carbons (Fsp3) is 0.407. The van der Waals surface area contributed by atoms with E-state index in [2.05, 4.69) is 22.5 Å². The summed E-state index contributed by atoms with van der Waals surface area (Å²) in [5, 5.41) is 7.93. The molecule has 5 nitrogen and oxygen atoms in total. The number of anilines is 2. The van der Waals surface area contributed by atoms with E-state index >= 15 is 0 Å². The molecular weight excluding hydrogens is 520 g/mol. The number of halogens is 3. The van der Waals surface area contributed by atoms with E-state index < -0.39 is 19.7 Å². The number of thiophene rings is 1. The minimum atomic E-state index is -4.35. The summed E-state index contributed by atoms with van der Waals surface area (Å²) in [5.74, 6) is 6.48. The number of alkyl halides is 3. The molecular formula is C27H30F3N2O3PS. The molecule has 2 aromatic carbocycles. The van der Waals surface area contributed by atoms with Gasteiger partial charge in [-0.15, -0.1) is 11.3 Å². The summed E-state index contributed by atoms with van der Waals surface area (Å²) in [6, 6.07) is 10.9. The second kappa shape index (κ2) is 11.4. The molecule has 37 heavy (non-hydrogen) atoms. The summed E-state index contributed by atoms with van der Waals surface area (Å²) < 4.78 is 64.5. The topological polar surface area (TPSA) is 59.6 Å². The molecule has 0 radical (unpaired) electrons. The highest BCUT2D eigenvalue weighted by Crippen LogP contribution is 2.40. The first-order valence-electron chi connectivity index (χ1n) is 12.0. The Morgan fingerprint density at radius 1 is 1.16 bits per heavy atom. The summed E-state index contributed by atoms with van der Waals surface area (Å²) >= 11 is 1.29. The van der Waals surface area contributed by atoms with Crippen molar-refractivity contribution in [1.29, 1.82) is 0 Å². The molecule has 10 heteroatoms. The Balaban J connectivity index is 1.59. The van der Waals surface area contributed by atoms with Crippen LogP contribution in [0, 0.1) is 11.8 Å². The van der Waals surface area contributed by atoms with Crippen molar-refractivity contribution >= 4 is 45.2 Å². The Bertz CT molecular complexity index is 1360. The Labute approximate surface area is 219 Å². The second-order valence-corrected chi connectivity index (χ2v) is 13.5. The molecule has 1 aromatic heterocycles. The van der Waals surface area contributed by atoms with Crippen LogP contribution in [0.3, 0.4) is 0 Å². The maximum Gasteiger partial charge on any atom is 0.393 e. The van der Waals surface area contributed by atoms with Crippen LogP contribution in [0.5, 0.6) is 5.75 Å². The van der Waals surface area contributed by atoms with Crippen LogP contribution in [0.15, 0.2) is 36.4 Å². The van der Waals surface area contributed by atoms with Crippen molar-refractivity contribution in [2.24, 2.45) is 0 Å². The van der Waals surface area contributed by atoms with Crippen molar-refractivity contribution < 1.29 is 27.2 Å². The first-order valence-corrected chi connectivity index (χ1v) is 15.4. The van der Waals surface area contributed by atoms with Crippen LogP contribution in [0.25, 0.3) is 10.1 Å². The fourth-order valence-corrected chi connectivity index (χ4v) is 6.28. The van der Waals surface area contributed by atoms with E-state index in [1.807, 2.05) is 6.07 Å². The maximum absolute atomic E-state index is 13.5. The molecule has 4 rings (SSSR count). The number of fused-ring (bicyclic) bond motifs is 1. The molecule has 0 amide bonds. The highest BCUT2D eigenvalue weighted by molar-refractivity contribution is 7.70. The number of methoxy groups -OCH3 is 1. The van der Waals surface area contributed by atoms with Crippen LogP contribution in [-0.2, 0) is 15.7 Å². The monoisotopic (exact) mass is 550 g/mol. The van der Waals surface area contributed by atoms with Gasteiger partial charge in [0.25, 0.3) is 0 Å². The van der Waals surface area contributed by atoms with Gasteiger partial charge in [0.2, 0.25) is 0 Å². The van der Waals surface area contributed by atoms with E-state index in [0.29, 0.717) is 40.2 Å². The minimum Gasteiger partial charge on any atom is -0.495 e. The molecule has 0 saturated carbocycles. The van der Waals surface area contributed by atoms with Crippen LogP contribution in [0.1, 0.15) is 23.3 Å². The maximum atomic E-state index is 13.5. The van der Waals surface area contributed by atoms with Crippen molar-refractivity contribution in [2.45, 2.75) is 31.5 Å². The van der Waals surface area contributed by atoms with Gasteiger partial charge in [-0.25, -0.2) is 0 Å². The third-order valence-electron chi connectivity index (χ3n) is 6.15. The Kier molecular flexibility index (Phi) is 8.42. The number of benzene rings is 2. The van der Waals surface area contributed by atoms with Gasteiger partial charge in [-0.3, -0.25) is 0 Å². The zero-order chi connectivity index (χ0) is 26.6. The van der Waals surface area contributed by atoms with Gasteiger partial charge in [0.15, 0.2) is 0 Å². The van der Waals surface area contributed by atoms with E-state index in [4.69, 9.17) is 9.47 Å². The average Bonchev–Trinajstić information content (AvgIpc) is 3.18. The van der Waals surface area contributed by atoms with Crippen LogP contribution >= 0.6 is 18.5 Å². The van der Waals surface area contributed by atoms with E-state index in [-0.39, 0.29) is 18.2 Å². The molecule has 1 saturated heterocycles. The lowest BCUT2D eigenvalue weighted by Crippen LogP contribution is -2.27. The molecule has 1 aliphatic rings. The molecule has 0 bridgehead atoms. The number of ether oxygens (including phenoxy) is 2. The van der Waals surface area contributed by atoms with Gasteiger partial charge in [0.05, 0.1) is 41.0 Å². The predicted octanol–water partition coefficient (Wildman–Crippen LogP) is 6.32. The zero-order valence-electron chi connectivity index (χ0n) is 21.0. The molecule has 0 atom stereocenters. The number of hydrogen-bond acceptors (Lipinski definition) is 6. The van der Waals surface area contributed by atoms with Crippen molar-refractivity contribution in [3.8, 4) is 17.6 Å². The predicted molar refractivity (Wildman–Crippen MR) is 146 cm³/mol. The van der Waals surface area contributed by atoms with Crippen molar-refractivity contribution in [2.75, 3.05) is 50.8 Å². The molecule has 2 N–H and O–H groups in total. The SMILES string of the molecule is COc1cc(P(C)(C)=O)ccc1NCC#Cc1sc2c(NC3CCOCC3)cccc2c1CC(F)(F)F. The molecule has 0 unspecified atom stereocenters. The van der Waals surface area contributed by atoms with E-state index in [1.165, 1.54) is 18.4 Å². The number of rotatable bonds is 7. The number of nitrogens with one attached hydrogen (secondary N) is 2. The molecule has 0 aliphatic carbocycles. The highest BCUT2D eigenvalue weighted by Gasteiger charge is 2.31. The summed E-state index contributed by atoms with van der Waals surface area (Å²) in [6.45, 7) is 4.93. The molecule has 1 aliphatic heterocycles. The van der Waals surface area contributed by atoms with Crippen LogP contribution < -0.4 is 20.7 Å². The molecule has 2 heterocycles. The third kappa shape index (κ3) is 7.01. The summed E-state index contributed by atoms with van der Waals surface area (Å²) in [6.07, 6.45) is -3.67. The van der Waals surface area contributed by atoms with E-state index in [9.17, 15) is 17.7 Å². The first kappa shape index (κ1) is 27.4. The van der Waals surface area contributed by atoms with Gasteiger partial charge in [0, 0.05) is 24.6 Å². The van der Waals surface area contributed by atoms with Gasteiger partial charge < -0.3 is 24.7 Å². The quantitative estimate of drug-likeness (QED) is 0.267. The summed E-state index contributed by atoms with van der Waals surface area (Å²) in [5.41, 5.74) is 1.71. The summed E-state index contributed by atoms with van der Waals surface area (Å²) in [7, 11) is -0.915. The zero-order valence-corrected chi connectivity index (χ0v) is 22.7. The van der Waals surface area contributed by atoms with Gasteiger partial charge in [-0.2, -0.15) is 13.2 Å². The number of hydrogen-bond donors (Lipinski definition) is 2. The third-order valence-corrected chi connectivity index (χ3v) is 8.87. The van der Waals surface area contributed by atoms with Gasteiger partial charge in [-0.1, -0.05) is 24.0 Å². The van der Waals surface area contributed by atoms with Gasteiger partial charge in [0.1, 0.15) is 12.9 Å². The Morgan fingerprint density at radius 2 is 1.92 bits per heavy atom. The second-order valence-electron chi connectivity index (χ2n) is 9.31. The van der Waals surface area contributed by atoms with Crippen LogP contribution in [-0.4, -0.2) is 52.4 Å². The molecule has 1 fully saturated rings. The highest BCUT2D eigenvalue weighted by atomic mass is 32.1. The van der Waals surface area contributed by atoms with Gasteiger partial charge >= 0.3 is 6.18 Å². The lowest BCUT2D eigenvalue weighted by atomic mass is 10.1. The smallest absolute Gasteiger partial charge is 0.393 e. The average molecular weight is 551 g/mol.